The summed E-state index contributed by atoms with van der Waals surface area (Å²) in [5.74, 6) is 0.675. The molecule has 1 heterocycles. The second-order valence-electron chi connectivity index (χ2n) is 4.16. The molecule has 1 aromatic heterocycles. The number of carbonyl (C=O) groups excluding carboxylic acids is 1. The average Bonchev–Trinajstić information content (AvgIpc) is 2.70. The minimum Gasteiger partial charge on any atom is -0.345 e. The van der Waals surface area contributed by atoms with Crippen molar-refractivity contribution in [2.24, 2.45) is 0 Å². The highest BCUT2D eigenvalue weighted by Crippen LogP contribution is 2.22. The molecule has 0 saturated carbocycles. The third kappa shape index (κ3) is 4.10. The minimum atomic E-state index is -0.383. The van der Waals surface area contributed by atoms with Crippen molar-refractivity contribution in [2.45, 2.75) is 38.6 Å². The Morgan fingerprint density at radius 2 is 2.31 bits per heavy atom. The van der Waals surface area contributed by atoms with Crippen LogP contribution in [-0.4, -0.2) is 16.8 Å². The third-order valence-electron chi connectivity index (χ3n) is 2.21. The van der Waals surface area contributed by atoms with Crippen LogP contribution in [0.2, 0.25) is 0 Å². The van der Waals surface area contributed by atoms with Crippen molar-refractivity contribution < 1.29 is 4.79 Å². The third-order valence-corrected chi connectivity index (χ3v) is 3.57. The van der Waals surface area contributed by atoms with Gasteiger partial charge in [-0.3, -0.25) is 4.79 Å². The standard InChI is InChI=1S/C11H17ClN2OS/c1-11(2,10-13-7-8-16-10)14-9(15)5-3-4-6-12/h7-8H,3-6H2,1-2H3,(H,14,15). The molecule has 1 N–H and O–H groups in total. The molecule has 16 heavy (non-hydrogen) atoms. The molecule has 0 bridgehead atoms. The summed E-state index contributed by atoms with van der Waals surface area (Å²) in [6, 6.07) is 0. The number of carbonyl (C=O) groups is 1. The lowest BCUT2D eigenvalue weighted by atomic mass is 10.1. The fourth-order valence-electron chi connectivity index (χ4n) is 1.38. The van der Waals surface area contributed by atoms with Crippen molar-refractivity contribution in [3.63, 3.8) is 0 Å². The Labute approximate surface area is 105 Å². The Morgan fingerprint density at radius 1 is 1.56 bits per heavy atom. The predicted octanol–water partition coefficient (Wildman–Crippen LogP) is 2.90. The van der Waals surface area contributed by atoms with Gasteiger partial charge >= 0.3 is 0 Å². The SMILES string of the molecule is CC(C)(NC(=O)CCCCCl)c1nccs1. The van der Waals surface area contributed by atoms with Crippen LogP contribution in [0.15, 0.2) is 11.6 Å². The topological polar surface area (TPSA) is 42.0 Å². The number of alkyl halides is 1. The highest BCUT2D eigenvalue weighted by molar-refractivity contribution is 7.09. The van der Waals surface area contributed by atoms with Crippen molar-refractivity contribution in [1.29, 1.82) is 0 Å². The largest absolute Gasteiger partial charge is 0.345 e. The zero-order valence-electron chi connectivity index (χ0n) is 9.62. The number of rotatable bonds is 6. The van der Waals surface area contributed by atoms with Crippen molar-refractivity contribution in [3.8, 4) is 0 Å². The van der Waals surface area contributed by atoms with E-state index in [0.717, 1.165) is 17.8 Å². The highest BCUT2D eigenvalue weighted by atomic mass is 35.5. The Balaban J connectivity index is 2.43. The van der Waals surface area contributed by atoms with Crippen LogP contribution >= 0.6 is 22.9 Å². The van der Waals surface area contributed by atoms with E-state index in [1.54, 1.807) is 17.5 Å². The quantitative estimate of drug-likeness (QED) is 0.631. The molecule has 90 valence electrons. The van der Waals surface area contributed by atoms with E-state index >= 15 is 0 Å². The van der Waals surface area contributed by atoms with Crippen LogP contribution in [0.3, 0.4) is 0 Å². The molecule has 3 nitrogen and oxygen atoms in total. The lowest BCUT2D eigenvalue weighted by molar-refractivity contribution is -0.122. The van der Waals surface area contributed by atoms with Crippen molar-refractivity contribution >= 4 is 28.8 Å². The first-order valence-corrected chi connectivity index (χ1v) is 6.74. The number of amides is 1. The number of unbranched alkanes of at least 4 members (excludes halogenated alkanes) is 1. The molecular formula is C11H17ClN2OS. The van der Waals surface area contributed by atoms with Gasteiger partial charge < -0.3 is 5.32 Å². The lowest BCUT2D eigenvalue weighted by Crippen LogP contribution is -2.40. The molecule has 0 atom stereocenters. The molecule has 0 spiro atoms. The van der Waals surface area contributed by atoms with E-state index in [0.29, 0.717) is 12.3 Å². The lowest BCUT2D eigenvalue weighted by Gasteiger charge is -2.23. The van der Waals surface area contributed by atoms with E-state index in [2.05, 4.69) is 10.3 Å². The normalized spacial score (nSPS) is 11.4. The molecule has 0 saturated heterocycles. The maximum Gasteiger partial charge on any atom is 0.220 e. The molecule has 0 radical (unpaired) electrons. The van der Waals surface area contributed by atoms with Gasteiger partial charge in [-0.15, -0.1) is 22.9 Å². The highest BCUT2D eigenvalue weighted by Gasteiger charge is 2.24. The fourth-order valence-corrected chi connectivity index (χ4v) is 2.28. The van der Waals surface area contributed by atoms with E-state index in [-0.39, 0.29) is 11.4 Å². The maximum absolute atomic E-state index is 11.7. The van der Waals surface area contributed by atoms with Crippen LogP contribution in [0, 0.1) is 0 Å². The Kier molecular flexibility index (Phi) is 5.22. The first kappa shape index (κ1) is 13.5. The molecule has 0 unspecified atom stereocenters. The molecule has 0 aliphatic heterocycles. The maximum atomic E-state index is 11.7. The first-order chi connectivity index (χ1) is 7.56. The second kappa shape index (κ2) is 6.21. The van der Waals surface area contributed by atoms with Crippen molar-refractivity contribution in [2.75, 3.05) is 5.88 Å². The van der Waals surface area contributed by atoms with Gasteiger partial charge in [0.2, 0.25) is 5.91 Å². The summed E-state index contributed by atoms with van der Waals surface area (Å²) in [7, 11) is 0. The minimum absolute atomic E-state index is 0.0605. The van der Waals surface area contributed by atoms with Gasteiger partial charge in [-0.1, -0.05) is 0 Å². The van der Waals surface area contributed by atoms with Gasteiger partial charge in [0.1, 0.15) is 5.01 Å². The van der Waals surface area contributed by atoms with E-state index < -0.39 is 0 Å². The molecule has 1 amide bonds. The fraction of sp³-hybridized carbons (Fsp3) is 0.636. The zero-order chi connectivity index (χ0) is 12.0. The number of hydrogen-bond acceptors (Lipinski definition) is 3. The molecular weight excluding hydrogens is 244 g/mol. The van der Waals surface area contributed by atoms with Gasteiger partial charge in [0.05, 0.1) is 5.54 Å². The van der Waals surface area contributed by atoms with Crippen LogP contribution in [0.1, 0.15) is 38.1 Å². The summed E-state index contributed by atoms with van der Waals surface area (Å²) in [5, 5.41) is 5.83. The second-order valence-corrected chi connectivity index (χ2v) is 5.43. The number of nitrogens with zero attached hydrogens (tertiary/aromatic N) is 1. The summed E-state index contributed by atoms with van der Waals surface area (Å²) < 4.78 is 0. The summed E-state index contributed by atoms with van der Waals surface area (Å²) in [4.78, 5) is 15.9. The summed E-state index contributed by atoms with van der Waals surface area (Å²) in [6.45, 7) is 3.93. The van der Waals surface area contributed by atoms with E-state index in [4.69, 9.17) is 11.6 Å². The number of thiazole rings is 1. The van der Waals surface area contributed by atoms with Crippen LogP contribution in [0.4, 0.5) is 0 Å². The predicted molar refractivity (Wildman–Crippen MR) is 67.9 cm³/mol. The molecule has 0 fully saturated rings. The number of halogens is 1. The van der Waals surface area contributed by atoms with E-state index in [9.17, 15) is 4.79 Å². The average molecular weight is 261 g/mol. The number of aromatic nitrogens is 1. The Bertz CT molecular complexity index is 325. The number of nitrogens with one attached hydrogen (secondary N) is 1. The smallest absolute Gasteiger partial charge is 0.220 e. The zero-order valence-corrected chi connectivity index (χ0v) is 11.2. The molecule has 1 aromatic rings. The van der Waals surface area contributed by atoms with E-state index in [1.807, 2.05) is 19.2 Å². The van der Waals surface area contributed by atoms with E-state index in [1.165, 1.54) is 0 Å². The Morgan fingerprint density at radius 3 is 2.88 bits per heavy atom. The van der Waals surface area contributed by atoms with Crippen molar-refractivity contribution in [1.82, 2.24) is 10.3 Å². The summed E-state index contributed by atoms with van der Waals surface area (Å²) >= 11 is 7.11. The van der Waals surface area contributed by atoms with Crippen LogP contribution in [0.5, 0.6) is 0 Å². The molecule has 0 aliphatic rings. The Hall–Kier alpha value is -0.610. The van der Waals surface area contributed by atoms with Crippen molar-refractivity contribution in [3.05, 3.63) is 16.6 Å². The molecule has 1 rings (SSSR count). The molecule has 5 heteroatoms. The van der Waals surface area contributed by atoms with Gasteiger partial charge in [0.25, 0.3) is 0 Å². The number of hydrogen-bond donors (Lipinski definition) is 1. The molecule has 0 aliphatic carbocycles. The molecule has 0 aromatic carbocycles. The van der Waals surface area contributed by atoms with Gasteiger partial charge in [0.15, 0.2) is 0 Å². The van der Waals surface area contributed by atoms with Crippen LogP contribution in [0.25, 0.3) is 0 Å². The van der Waals surface area contributed by atoms with Gasteiger partial charge in [0, 0.05) is 23.9 Å². The summed E-state index contributed by atoms with van der Waals surface area (Å²) in [5.41, 5.74) is -0.383. The monoisotopic (exact) mass is 260 g/mol. The van der Waals surface area contributed by atoms with Gasteiger partial charge in [-0.25, -0.2) is 4.98 Å². The van der Waals surface area contributed by atoms with Crippen LogP contribution < -0.4 is 5.32 Å². The first-order valence-electron chi connectivity index (χ1n) is 5.33. The van der Waals surface area contributed by atoms with Crippen LogP contribution in [-0.2, 0) is 10.3 Å². The van der Waals surface area contributed by atoms with Gasteiger partial charge in [-0.2, -0.15) is 0 Å². The van der Waals surface area contributed by atoms with Gasteiger partial charge in [-0.05, 0) is 26.7 Å². The summed E-state index contributed by atoms with van der Waals surface area (Å²) in [6.07, 6.45) is 4.00.